The summed E-state index contributed by atoms with van der Waals surface area (Å²) >= 11 is 0. The quantitative estimate of drug-likeness (QED) is 0.758. The first-order valence-electron chi connectivity index (χ1n) is 9.69. The van der Waals surface area contributed by atoms with E-state index in [-0.39, 0.29) is 24.1 Å². The molecule has 2 heterocycles. The van der Waals surface area contributed by atoms with Gasteiger partial charge in [-0.25, -0.2) is 9.18 Å². The Balaban J connectivity index is 1.64. The maximum Gasteiger partial charge on any atom is 0.410 e. The summed E-state index contributed by atoms with van der Waals surface area (Å²) in [7, 11) is 0. The van der Waals surface area contributed by atoms with E-state index in [0.29, 0.717) is 25.9 Å². The number of halogens is 1. The third-order valence-electron chi connectivity index (χ3n) is 4.77. The van der Waals surface area contributed by atoms with Crippen LogP contribution in [0.25, 0.3) is 5.57 Å². The monoisotopic (exact) mass is 403 g/mol. The lowest BCUT2D eigenvalue weighted by Gasteiger charge is -2.29. The van der Waals surface area contributed by atoms with E-state index in [1.165, 1.54) is 6.07 Å². The van der Waals surface area contributed by atoms with Crippen LogP contribution in [0.5, 0.6) is 0 Å². The van der Waals surface area contributed by atoms with Gasteiger partial charge in [-0.2, -0.15) is 0 Å². The second-order valence-corrected chi connectivity index (χ2v) is 8.25. The molecular weight excluding hydrogens is 377 g/mol. The van der Waals surface area contributed by atoms with Crippen LogP contribution in [0.4, 0.5) is 14.9 Å². The van der Waals surface area contributed by atoms with E-state index in [4.69, 9.17) is 4.74 Å². The van der Waals surface area contributed by atoms with E-state index in [1.807, 2.05) is 26.8 Å². The number of hydrogen-bond donors (Lipinski definition) is 2. The van der Waals surface area contributed by atoms with Crippen LogP contribution in [0, 0.1) is 5.82 Å². The molecule has 2 aliphatic rings. The summed E-state index contributed by atoms with van der Waals surface area (Å²) in [5, 5.41) is 5.11. The molecule has 7 nitrogen and oxygen atoms in total. The second-order valence-electron chi connectivity index (χ2n) is 8.25. The molecule has 3 amide bonds. The van der Waals surface area contributed by atoms with E-state index in [2.05, 4.69) is 10.6 Å². The Hall–Kier alpha value is -2.90. The molecule has 0 saturated carbocycles. The highest BCUT2D eigenvalue weighted by molar-refractivity contribution is 6.01. The van der Waals surface area contributed by atoms with Gasteiger partial charge in [-0.3, -0.25) is 14.9 Å². The van der Waals surface area contributed by atoms with Gasteiger partial charge in [-0.05, 0) is 56.9 Å². The van der Waals surface area contributed by atoms with Gasteiger partial charge < -0.3 is 15.0 Å². The number of nitrogens with zero attached hydrogens (tertiary/aromatic N) is 1. The molecule has 1 aromatic rings. The largest absolute Gasteiger partial charge is 0.444 e. The van der Waals surface area contributed by atoms with Crippen molar-refractivity contribution in [2.75, 3.05) is 18.4 Å². The van der Waals surface area contributed by atoms with E-state index >= 15 is 0 Å². The first-order chi connectivity index (χ1) is 13.6. The van der Waals surface area contributed by atoms with Crippen molar-refractivity contribution in [1.82, 2.24) is 10.2 Å². The summed E-state index contributed by atoms with van der Waals surface area (Å²) in [6.45, 7) is 6.37. The number of imide groups is 1. The van der Waals surface area contributed by atoms with Crippen molar-refractivity contribution in [2.45, 2.75) is 51.7 Å². The summed E-state index contributed by atoms with van der Waals surface area (Å²) < 4.78 is 20.0. The molecule has 1 fully saturated rings. The highest BCUT2D eigenvalue weighted by atomic mass is 19.1. The smallest absolute Gasteiger partial charge is 0.410 e. The fourth-order valence-electron chi connectivity index (χ4n) is 3.27. The zero-order chi connectivity index (χ0) is 21.2. The van der Waals surface area contributed by atoms with Crippen molar-refractivity contribution in [2.24, 2.45) is 0 Å². The van der Waals surface area contributed by atoms with Crippen LogP contribution in [-0.4, -0.2) is 47.5 Å². The molecule has 0 bridgehead atoms. The van der Waals surface area contributed by atoms with E-state index in [9.17, 15) is 18.8 Å². The van der Waals surface area contributed by atoms with Crippen LogP contribution in [0.1, 0.15) is 45.6 Å². The normalized spacial score (nSPS) is 20.1. The Bertz CT molecular complexity index is 860. The van der Waals surface area contributed by atoms with Crippen molar-refractivity contribution >= 4 is 29.2 Å². The van der Waals surface area contributed by atoms with Crippen molar-refractivity contribution in [3.63, 3.8) is 0 Å². The van der Waals surface area contributed by atoms with Crippen LogP contribution in [-0.2, 0) is 14.3 Å². The minimum Gasteiger partial charge on any atom is -0.444 e. The lowest BCUT2D eigenvalue weighted by atomic mass is 9.98. The lowest BCUT2D eigenvalue weighted by Crippen LogP contribution is -2.47. The standard InChI is InChI=1S/C21H26FN3O4/c1-21(2,3)29-20(28)25-10-8-13(9-11-25)14-4-5-16(15(22)12-14)23-17-6-7-18(26)24-19(17)27/h4-5,8,12,17,23H,6-7,9-11H2,1-3H3,(H,24,26,27). The number of ether oxygens (including phenoxy) is 1. The van der Waals surface area contributed by atoms with Gasteiger partial charge in [-0.1, -0.05) is 12.1 Å². The Morgan fingerprint density at radius 2 is 2.03 bits per heavy atom. The highest BCUT2D eigenvalue weighted by Crippen LogP contribution is 2.27. The Morgan fingerprint density at radius 1 is 1.28 bits per heavy atom. The Labute approximate surface area is 169 Å². The maximum absolute atomic E-state index is 14.6. The van der Waals surface area contributed by atoms with Crippen LogP contribution < -0.4 is 10.6 Å². The minimum absolute atomic E-state index is 0.218. The van der Waals surface area contributed by atoms with Crippen molar-refractivity contribution in [3.05, 3.63) is 35.7 Å². The zero-order valence-corrected chi connectivity index (χ0v) is 16.9. The van der Waals surface area contributed by atoms with Gasteiger partial charge in [0.05, 0.1) is 5.69 Å². The number of anilines is 1. The number of hydrogen-bond acceptors (Lipinski definition) is 5. The first-order valence-corrected chi connectivity index (χ1v) is 9.69. The zero-order valence-electron chi connectivity index (χ0n) is 16.9. The summed E-state index contributed by atoms with van der Waals surface area (Å²) in [5.41, 5.74) is 1.36. The number of nitrogens with one attached hydrogen (secondary N) is 2. The average molecular weight is 403 g/mol. The van der Waals surface area contributed by atoms with E-state index in [0.717, 1.165) is 11.1 Å². The molecule has 8 heteroatoms. The van der Waals surface area contributed by atoms with Crippen LogP contribution >= 0.6 is 0 Å². The fraction of sp³-hybridized carbons (Fsp3) is 0.476. The van der Waals surface area contributed by atoms with Crippen LogP contribution in [0.2, 0.25) is 0 Å². The van der Waals surface area contributed by atoms with E-state index in [1.54, 1.807) is 17.0 Å². The van der Waals surface area contributed by atoms with Gasteiger partial charge in [0, 0.05) is 19.5 Å². The average Bonchev–Trinajstić information content (AvgIpc) is 2.64. The number of carbonyl (C=O) groups is 3. The molecule has 1 aromatic carbocycles. The molecule has 1 saturated heterocycles. The number of carbonyl (C=O) groups excluding carboxylic acids is 3. The van der Waals surface area contributed by atoms with Gasteiger partial charge >= 0.3 is 6.09 Å². The highest BCUT2D eigenvalue weighted by Gasteiger charge is 2.27. The number of amides is 3. The summed E-state index contributed by atoms with van der Waals surface area (Å²) in [6.07, 6.45) is 2.69. The van der Waals surface area contributed by atoms with E-state index < -0.39 is 23.4 Å². The molecule has 3 rings (SSSR count). The van der Waals surface area contributed by atoms with Gasteiger partial charge in [0.2, 0.25) is 11.8 Å². The molecular formula is C21H26FN3O4. The molecule has 0 aliphatic carbocycles. The van der Waals surface area contributed by atoms with Crippen LogP contribution in [0.15, 0.2) is 24.3 Å². The van der Waals surface area contributed by atoms with Crippen molar-refractivity contribution in [1.29, 1.82) is 0 Å². The minimum atomic E-state index is -0.635. The third-order valence-corrected chi connectivity index (χ3v) is 4.77. The SMILES string of the molecule is CC(C)(C)OC(=O)N1CC=C(c2ccc(NC3CCC(=O)NC3=O)c(F)c2)CC1. The summed E-state index contributed by atoms with van der Waals surface area (Å²) in [4.78, 5) is 36.8. The number of benzene rings is 1. The van der Waals surface area contributed by atoms with Gasteiger partial charge in [0.1, 0.15) is 17.5 Å². The predicted octanol–water partition coefficient (Wildman–Crippen LogP) is 3.07. The Morgan fingerprint density at radius 3 is 2.62 bits per heavy atom. The number of rotatable bonds is 3. The number of piperidine rings is 1. The summed E-state index contributed by atoms with van der Waals surface area (Å²) in [6, 6.07) is 4.16. The Kier molecular flexibility index (Phi) is 5.91. The fourth-order valence-corrected chi connectivity index (χ4v) is 3.27. The first kappa shape index (κ1) is 20.8. The molecule has 29 heavy (non-hydrogen) atoms. The lowest BCUT2D eigenvalue weighted by molar-refractivity contribution is -0.133. The van der Waals surface area contributed by atoms with Gasteiger partial charge in [0.15, 0.2) is 0 Å². The third kappa shape index (κ3) is 5.34. The molecule has 0 radical (unpaired) electrons. The molecule has 0 aromatic heterocycles. The molecule has 1 atom stereocenters. The van der Waals surface area contributed by atoms with Crippen molar-refractivity contribution < 1.29 is 23.5 Å². The van der Waals surface area contributed by atoms with Crippen molar-refractivity contribution in [3.8, 4) is 0 Å². The summed E-state index contributed by atoms with van der Waals surface area (Å²) in [5.74, 6) is -1.22. The molecule has 1 unspecified atom stereocenters. The molecule has 156 valence electrons. The topological polar surface area (TPSA) is 87.7 Å². The molecule has 0 spiro atoms. The second kappa shape index (κ2) is 8.23. The molecule has 2 aliphatic heterocycles. The van der Waals surface area contributed by atoms with Gasteiger partial charge in [0.25, 0.3) is 0 Å². The maximum atomic E-state index is 14.6. The predicted molar refractivity (Wildman–Crippen MR) is 107 cm³/mol. The van der Waals surface area contributed by atoms with Gasteiger partial charge in [-0.15, -0.1) is 0 Å². The molecule has 2 N–H and O–H groups in total. The van der Waals surface area contributed by atoms with Crippen LogP contribution in [0.3, 0.4) is 0 Å².